The average molecular weight is 514 g/mol. The lowest BCUT2D eigenvalue weighted by atomic mass is 10.2. The zero-order valence-electron chi connectivity index (χ0n) is 15.5. The topological polar surface area (TPSA) is 138 Å². The van der Waals surface area contributed by atoms with E-state index in [1.165, 1.54) is 7.11 Å². The molecule has 1 aromatic carbocycles. The van der Waals surface area contributed by atoms with Crippen molar-refractivity contribution in [3.8, 4) is 0 Å². The molecule has 0 aliphatic carbocycles. The Kier molecular flexibility index (Phi) is 7.50. The number of amidine groups is 2. The highest BCUT2D eigenvalue weighted by molar-refractivity contribution is 9.10. The molecule has 158 valence electrons. The van der Waals surface area contributed by atoms with Crippen LogP contribution in [-0.4, -0.2) is 51.6 Å². The van der Waals surface area contributed by atoms with E-state index in [-0.39, 0.29) is 40.9 Å². The smallest absolute Gasteiger partial charge is 0.307 e. The van der Waals surface area contributed by atoms with E-state index in [2.05, 4.69) is 46.8 Å². The molecule has 3 N–H and O–H groups in total. The first-order valence-electron chi connectivity index (χ1n) is 8.57. The van der Waals surface area contributed by atoms with Crippen molar-refractivity contribution in [3.05, 3.63) is 28.7 Å². The van der Waals surface area contributed by atoms with Crippen LogP contribution in [0.2, 0.25) is 0 Å². The summed E-state index contributed by atoms with van der Waals surface area (Å²) in [6.07, 6.45) is -0.0817. The molecular weight excluding hydrogens is 498 g/mol. The fraction of sp³-hybridized carbons (Fsp3) is 0.294. The molecule has 2 aliphatic heterocycles. The van der Waals surface area contributed by atoms with Crippen LogP contribution in [0.25, 0.3) is 0 Å². The maximum absolute atomic E-state index is 12.2. The molecule has 0 unspecified atom stereocenters. The van der Waals surface area contributed by atoms with Crippen molar-refractivity contribution in [3.63, 3.8) is 0 Å². The summed E-state index contributed by atoms with van der Waals surface area (Å²) in [5.41, 5.74) is 0.623. The Morgan fingerprint density at radius 2 is 1.83 bits per heavy atom. The molecule has 2 aliphatic rings. The number of hydrogen-bond donors (Lipinski definition) is 3. The zero-order chi connectivity index (χ0) is 21.7. The molecule has 30 heavy (non-hydrogen) atoms. The second-order valence-corrected chi connectivity index (χ2v) is 9.33. The molecule has 0 aromatic heterocycles. The maximum Gasteiger partial charge on any atom is 0.307 e. The van der Waals surface area contributed by atoms with Gasteiger partial charge in [-0.1, -0.05) is 39.5 Å². The van der Waals surface area contributed by atoms with Crippen molar-refractivity contribution in [2.24, 2.45) is 10.2 Å². The molecule has 13 heteroatoms. The predicted molar refractivity (Wildman–Crippen MR) is 118 cm³/mol. The van der Waals surface area contributed by atoms with Gasteiger partial charge in [0.1, 0.15) is 11.1 Å². The standard InChI is InChI=1S/C17H16BrN5O5S2/c1-28-13(25)7-10-14(20-17(27)30-10)22-23-16-21-15(26)11(29-16)6-12(24)19-9-4-2-8(18)3-5-9/h2-5,10-11H,6-7H2,1H3,(H,19,24)(H,20,22,27)(H,21,23,26)/t10-,11+/m1/s1. The molecule has 2 saturated heterocycles. The lowest BCUT2D eigenvalue weighted by molar-refractivity contribution is -0.140. The molecule has 10 nitrogen and oxygen atoms in total. The van der Waals surface area contributed by atoms with E-state index < -0.39 is 16.5 Å². The Morgan fingerprint density at radius 3 is 2.53 bits per heavy atom. The second-order valence-electron chi connectivity index (χ2n) is 6.04. The average Bonchev–Trinajstić information content (AvgIpc) is 3.23. The van der Waals surface area contributed by atoms with Crippen LogP contribution in [0.3, 0.4) is 0 Å². The number of carbonyl (C=O) groups excluding carboxylic acids is 4. The van der Waals surface area contributed by atoms with Crippen LogP contribution in [0, 0.1) is 0 Å². The number of amides is 3. The van der Waals surface area contributed by atoms with Gasteiger partial charge in [-0.2, -0.15) is 0 Å². The number of rotatable bonds is 6. The summed E-state index contributed by atoms with van der Waals surface area (Å²) >= 11 is 5.30. The van der Waals surface area contributed by atoms with Gasteiger partial charge in [0.15, 0.2) is 5.17 Å². The van der Waals surface area contributed by atoms with Crippen LogP contribution in [0.15, 0.2) is 38.9 Å². The summed E-state index contributed by atoms with van der Waals surface area (Å²) in [4.78, 5) is 47.4. The predicted octanol–water partition coefficient (Wildman–Crippen LogP) is 2.07. The highest BCUT2D eigenvalue weighted by Gasteiger charge is 2.34. The minimum absolute atomic E-state index is 0.0397. The third kappa shape index (κ3) is 6.06. The molecule has 0 saturated carbocycles. The molecule has 2 heterocycles. The van der Waals surface area contributed by atoms with Crippen molar-refractivity contribution in [2.45, 2.75) is 23.3 Å². The zero-order valence-corrected chi connectivity index (χ0v) is 18.7. The summed E-state index contributed by atoms with van der Waals surface area (Å²) in [7, 11) is 1.26. The first kappa shape index (κ1) is 22.3. The number of hydrogen-bond acceptors (Lipinski definition) is 9. The third-order valence-electron chi connectivity index (χ3n) is 3.89. The summed E-state index contributed by atoms with van der Waals surface area (Å²) < 4.78 is 5.49. The van der Waals surface area contributed by atoms with Gasteiger partial charge in [0.25, 0.3) is 5.24 Å². The number of ether oxygens (including phenoxy) is 1. The van der Waals surface area contributed by atoms with E-state index in [1.807, 2.05) is 0 Å². The molecule has 3 amide bonds. The highest BCUT2D eigenvalue weighted by atomic mass is 79.9. The van der Waals surface area contributed by atoms with Crippen LogP contribution in [0.1, 0.15) is 12.8 Å². The summed E-state index contributed by atoms with van der Waals surface area (Å²) in [5.74, 6) is -0.949. The van der Waals surface area contributed by atoms with Gasteiger partial charge >= 0.3 is 5.97 Å². The maximum atomic E-state index is 12.2. The van der Waals surface area contributed by atoms with Gasteiger partial charge in [-0.05, 0) is 24.3 Å². The van der Waals surface area contributed by atoms with Gasteiger partial charge in [0.05, 0.1) is 18.8 Å². The number of carbonyl (C=O) groups is 4. The minimum atomic E-state index is -0.655. The van der Waals surface area contributed by atoms with E-state index in [0.29, 0.717) is 5.69 Å². The number of benzene rings is 1. The Morgan fingerprint density at radius 1 is 1.10 bits per heavy atom. The van der Waals surface area contributed by atoms with E-state index in [1.54, 1.807) is 24.3 Å². The van der Waals surface area contributed by atoms with Crippen molar-refractivity contribution in [1.82, 2.24) is 10.6 Å². The molecular formula is C17H16BrN5O5S2. The molecule has 3 rings (SSSR count). The lowest BCUT2D eigenvalue weighted by Crippen LogP contribution is -2.28. The largest absolute Gasteiger partial charge is 0.469 e. The monoisotopic (exact) mass is 513 g/mol. The lowest BCUT2D eigenvalue weighted by Gasteiger charge is -2.07. The molecule has 0 radical (unpaired) electrons. The Balaban J connectivity index is 1.58. The van der Waals surface area contributed by atoms with E-state index >= 15 is 0 Å². The molecule has 0 bridgehead atoms. The molecule has 2 atom stereocenters. The number of methoxy groups -OCH3 is 1. The third-order valence-corrected chi connectivity index (χ3v) is 6.48. The minimum Gasteiger partial charge on any atom is -0.469 e. The van der Waals surface area contributed by atoms with E-state index in [4.69, 9.17) is 0 Å². The van der Waals surface area contributed by atoms with E-state index in [0.717, 1.165) is 28.0 Å². The first-order chi connectivity index (χ1) is 14.3. The highest BCUT2D eigenvalue weighted by Crippen LogP contribution is 2.25. The number of thioether (sulfide) groups is 2. The number of nitrogens with one attached hydrogen (secondary N) is 3. The fourth-order valence-corrected chi connectivity index (χ4v) is 4.50. The van der Waals surface area contributed by atoms with Crippen LogP contribution in [0.4, 0.5) is 10.5 Å². The van der Waals surface area contributed by atoms with Gasteiger partial charge in [-0.3, -0.25) is 19.2 Å². The second kappa shape index (κ2) is 10.1. The Labute approximate surface area is 188 Å². The van der Waals surface area contributed by atoms with E-state index in [9.17, 15) is 19.2 Å². The Bertz CT molecular complexity index is 937. The SMILES string of the molecule is COC(=O)C[C@H]1SC(=O)N/C1=N\N=C1\NC(=O)[C@H](CC(=O)Nc2ccc(Br)cc2)S1. The number of halogens is 1. The van der Waals surface area contributed by atoms with Gasteiger partial charge in [0.2, 0.25) is 11.8 Å². The summed E-state index contributed by atoms with van der Waals surface area (Å²) in [5, 5.41) is 14.3. The van der Waals surface area contributed by atoms with Gasteiger partial charge < -0.3 is 20.7 Å². The van der Waals surface area contributed by atoms with Gasteiger partial charge in [-0.15, -0.1) is 10.2 Å². The summed E-state index contributed by atoms with van der Waals surface area (Å²) in [6.45, 7) is 0. The van der Waals surface area contributed by atoms with Gasteiger partial charge in [0, 0.05) is 16.6 Å². The van der Waals surface area contributed by atoms with Crippen LogP contribution in [0.5, 0.6) is 0 Å². The molecule has 0 spiro atoms. The normalized spacial score (nSPS) is 23.4. The fourth-order valence-electron chi connectivity index (χ4n) is 2.46. The molecule has 2 fully saturated rings. The van der Waals surface area contributed by atoms with Crippen molar-refractivity contribution in [1.29, 1.82) is 0 Å². The Hall–Kier alpha value is -2.38. The van der Waals surface area contributed by atoms with Crippen molar-refractivity contribution in [2.75, 3.05) is 12.4 Å². The van der Waals surface area contributed by atoms with Crippen LogP contribution in [-0.2, 0) is 19.1 Å². The molecule has 1 aromatic rings. The number of nitrogens with zero attached hydrogens (tertiary/aromatic N) is 2. The summed E-state index contributed by atoms with van der Waals surface area (Å²) in [6, 6.07) is 7.07. The quantitative estimate of drug-likeness (QED) is 0.390. The van der Waals surface area contributed by atoms with Crippen LogP contribution < -0.4 is 16.0 Å². The number of esters is 1. The van der Waals surface area contributed by atoms with Crippen molar-refractivity contribution >= 4 is 79.2 Å². The van der Waals surface area contributed by atoms with Crippen LogP contribution >= 0.6 is 39.5 Å². The first-order valence-corrected chi connectivity index (χ1v) is 11.1. The van der Waals surface area contributed by atoms with Crippen molar-refractivity contribution < 1.29 is 23.9 Å². The van der Waals surface area contributed by atoms with Gasteiger partial charge in [-0.25, -0.2) is 0 Å². The number of anilines is 1.